The van der Waals surface area contributed by atoms with Gasteiger partial charge in [0.15, 0.2) is 16.6 Å². The third kappa shape index (κ3) is 2.79. The zero-order valence-corrected chi connectivity index (χ0v) is 15.2. The van der Waals surface area contributed by atoms with E-state index in [0.717, 1.165) is 54.7 Å². The van der Waals surface area contributed by atoms with Crippen LogP contribution in [0.5, 0.6) is 11.5 Å². The highest BCUT2D eigenvalue weighted by Crippen LogP contribution is 2.41. The Balaban J connectivity index is 1.43. The lowest BCUT2D eigenvalue weighted by Gasteiger charge is -2.38. The van der Waals surface area contributed by atoms with Gasteiger partial charge in [-0.1, -0.05) is 29.5 Å². The van der Waals surface area contributed by atoms with Crippen LogP contribution in [0.3, 0.4) is 0 Å². The molecule has 5 nitrogen and oxygen atoms in total. The molecule has 5 rings (SSSR count). The number of para-hydroxylation sites is 1. The minimum atomic E-state index is 0.0110. The van der Waals surface area contributed by atoms with Crippen LogP contribution in [0.2, 0.25) is 0 Å². The maximum Gasteiger partial charge on any atom is 0.231 e. The van der Waals surface area contributed by atoms with Crippen LogP contribution in [-0.4, -0.2) is 31.5 Å². The molecule has 0 atom stereocenters. The third-order valence-corrected chi connectivity index (χ3v) is 6.30. The zero-order chi connectivity index (χ0) is 17.4. The van der Waals surface area contributed by atoms with E-state index in [1.807, 2.05) is 12.1 Å². The van der Waals surface area contributed by atoms with Gasteiger partial charge in [-0.15, -0.1) is 0 Å². The van der Waals surface area contributed by atoms with Crippen LogP contribution in [0.25, 0.3) is 10.2 Å². The highest BCUT2D eigenvalue weighted by atomic mass is 32.1. The number of rotatable bonds is 4. The maximum atomic E-state index is 5.64. The van der Waals surface area contributed by atoms with E-state index in [1.54, 1.807) is 11.3 Å². The summed E-state index contributed by atoms with van der Waals surface area (Å²) in [6.45, 7) is 2.68. The molecule has 0 radical (unpaired) electrons. The summed E-state index contributed by atoms with van der Waals surface area (Å²) >= 11 is 1.70. The highest BCUT2D eigenvalue weighted by molar-refractivity contribution is 7.22. The summed E-state index contributed by atoms with van der Waals surface area (Å²) in [6.07, 6.45) is 1.95. The third-order valence-electron chi connectivity index (χ3n) is 5.31. The number of anilines is 1. The van der Waals surface area contributed by atoms with E-state index in [0.29, 0.717) is 6.79 Å². The predicted molar refractivity (Wildman–Crippen MR) is 102 cm³/mol. The van der Waals surface area contributed by atoms with Gasteiger partial charge in [-0.3, -0.25) is 0 Å². The molecule has 3 aromatic rings. The van der Waals surface area contributed by atoms with E-state index in [9.17, 15) is 0 Å². The average molecular weight is 368 g/mol. The molecule has 2 aliphatic heterocycles. The Morgan fingerprint density at radius 2 is 1.88 bits per heavy atom. The summed E-state index contributed by atoms with van der Waals surface area (Å²) in [4.78, 5) is 4.71. The molecular formula is C20H20N2O3S. The molecule has 0 unspecified atom stereocenters. The average Bonchev–Trinajstić information content (AvgIpc) is 3.32. The normalized spacial score (nSPS) is 18.2. The van der Waals surface area contributed by atoms with Crippen LogP contribution < -0.4 is 14.8 Å². The van der Waals surface area contributed by atoms with E-state index in [-0.39, 0.29) is 5.41 Å². The molecule has 6 heteroatoms. The van der Waals surface area contributed by atoms with Crippen LogP contribution in [0.15, 0.2) is 42.5 Å². The first-order chi connectivity index (χ1) is 12.8. The first-order valence-corrected chi connectivity index (χ1v) is 9.71. The second-order valence-corrected chi connectivity index (χ2v) is 7.83. The molecule has 1 aromatic heterocycles. The monoisotopic (exact) mass is 368 g/mol. The van der Waals surface area contributed by atoms with E-state index in [1.165, 1.54) is 10.3 Å². The molecular weight excluding hydrogens is 348 g/mol. The number of hydrogen-bond donors (Lipinski definition) is 1. The molecule has 0 aliphatic carbocycles. The molecule has 0 bridgehead atoms. The number of fused-ring (bicyclic) bond motifs is 2. The molecule has 0 spiro atoms. The standard InChI is InChI=1S/C20H20N2O3S/c1-2-4-18-15(3-1)22-19(26-18)21-12-20(7-9-23-10-8-20)14-5-6-16-17(11-14)25-13-24-16/h1-6,11H,7-10,12-13H2,(H,21,22). The van der Waals surface area contributed by atoms with Crippen molar-refractivity contribution in [2.45, 2.75) is 18.3 Å². The Kier molecular flexibility index (Phi) is 3.94. The Hall–Kier alpha value is -2.31. The van der Waals surface area contributed by atoms with Gasteiger partial charge in [-0.25, -0.2) is 4.98 Å². The van der Waals surface area contributed by atoms with Crippen molar-refractivity contribution in [1.82, 2.24) is 4.98 Å². The van der Waals surface area contributed by atoms with Crippen molar-refractivity contribution in [3.63, 3.8) is 0 Å². The fourth-order valence-corrected chi connectivity index (χ4v) is 4.61. The number of nitrogens with one attached hydrogen (secondary N) is 1. The first kappa shape index (κ1) is 15.9. The Morgan fingerprint density at radius 3 is 2.77 bits per heavy atom. The Morgan fingerprint density at radius 1 is 1.04 bits per heavy atom. The second kappa shape index (κ2) is 6.45. The molecule has 26 heavy (non-hydrogen) atoms. The largest absolute Gasteiger partial charge is 0.454 e. The summed E-state index contributed by atoms with van der Waals surface area (Å²) in [5.74, 6) is 1.67. The SMILES string of the molecule is c1ccc2sc(NCC3(c4ccc5c(c4)OCO5)CCOCC3)nc2c1. The number of thiazole rings is 1. The van der Waals surface area contributed by atoms with E-state index >= 15 is 0 Å². The van der Waals surface area contributed by atoms with Gasteiger partial charge in [0.2, 0.25) is 6.79 Å². The van der Waals surface area contributed by atoms with Gasteiger partial charge in [-0.2, -0.15) is 0 Å². The summed E-state index contributed by atoms with van der Waals surface area (Å²) in [7, 11) is 0. The van der Waals surface area contributed by atoms with Gasteiger partial charge >= 0.3 is 0 Å². The first-order valence-electron chi connectivity index (χ1n) is 8.90. The van der Waals surface area contributed by atoms with Crippen LogP contribution in [0, 0.1) is 0 Å². The number of hydrogen-bond acceptors (Lipinski definition) is 6. The van der Waals surface area contributed by atoms with Gasteiger partial charge in [0.05, 0.1) is 10.2 Å². The highest BCUT2D eigenvalue weighted by Gasteiger charge is 2.35. The minimum Gasteiger partial charge on any atom is -0.454 e. The molecule has 2 aromatic carbocycles. The quantitative estimate of drug-likeness (QED) is 0.748. The number of benzene rings is 2. The maximum absolute atomic E-state index is 5.64. The topological polar surface area (TPSA) is 52.6 Å². The van der Waals surface area contributed by atoms with Crippen molar-refractivity contribution < 1.29 is 14.2 Å². The lowest BCUT2D eigenvalue weighted by molar-refractivity contribution is 0.0543. The molecule has 134 valence electrons. The van der Waals surface area contributed by atoms with Crippen LogP contribution in [-0.2, 0) is 10.2 Å². The minimum absolute atomic E-state index is 0.0110. The van der Waals surface area contributed by atoms with Crippen LogP contribution >= 0.6 is 11.3 Å². The molecule has 1 N–H and O–H groups in total. The van der Waals surface area contributed by atoms with Gasteiger partial charge in [0, 0.05) is 25.2 Å². The fourth-order valence-electron chi connectivity index (χ4n) is 3.75. The smallest absolute Gasteiger partial charge is 0.231 e. The Bertz CT molecular complexity index is 901. The molecule has 2 aliphatic rings. The van der Waals surface area contributed by atoms with Crippen molar-refractivity contribution in [3.8, 4) is 11.5 Å². The molecule has 0 amide bonds. The summed E-state index contributed by atoms with van der Waals surface area (Å²) < 4.78 is 17.9. The lowest BCUT2D eigenvalue weighted by atomic mass is 9.74. The van der Waals surface area contributed by atoms with E-state index in [4.69, 9.17) is 19.2 Å². The van der Waals surface area contributed by atoms with Crippen molar-refractivity contribution in [2.75, 3.05) is 31.9 Å². The van der Waals surface area contributed by atoms with Crippen LogP contribution in [0.4, 0.5) is 5.13 Å². The summed E-state index contributed by atoms with van der Waals surface area (Å²) in [5, 5.41) is 4.56. The van der Waals surface area contributed by atoms with E-state index in [2.05, 4.69) is 35.6 Å². The van der Waals surface area contributed by atoms with Crippen LogP contribution in [0.1, 0.15) is 18.4 Å². The van der Waals surface area contributed by atoms with Gasteiger partial charge < -0.3 is 19.5 Å². The zero-order valence-electron chi connectivity index (χ0n) is 14.4. The summed E-state index contributed by atoms with van der Waals surface area (Å²) in [5.41, 5.74) is 2.33. The Labute approximate surface area is 155 Å². The number of nitrogens with zero attached hydrogens (tertiary/aromatic N) is 1. The van der Waals surface area contributed by atoms with Gasteiger partial charge in [0.1, 0.15) is 0 Å². The second-order valence-electron chi connectivity index (χ2n) is 6.80. The molecule has 3 heterocycles. The molecule has 1 fully saturated rings. The fraction of sp³-hybridized carbons (Fsp3) is 0.350. The summed E-state index contributed by atoms with van der Waals surface area (Å²) in [6, 6.07) is 14.6. The number of aromatic nitrogens is 1. The molecule has 1 saturated heterocycles. The van der Waals surface area contributed by atoms with Gasteiger partial charge in [0.25, 0.3) is 0 Å². The molecule has 0 saturated carbocycles. The lowest BCUT2D eigenvalue weighted by Crippen LogP contribution is -2.40. The van der Waals surface area contributed by atoms with Crippen molar-refractivity contribution in [2.24, 2.45) is 0 Å². The van der Waals surface area contributed by atoms with Gasteiger partial charge in [-0.05, 0) is 42.7 Å². The number of ether oxygens (including phenoxy) is 3. The van der Waals surface area contributed by atoms with Crippen molar-refractivity contribution in [1.29, 1.82) is 0 Å². The predicted octanol–water partition coefficient (Wildman–Crippen LogP) is 4.19. The van der Waals surface area contributed by atoms with E-state index < -0.39 is 0 Å². The van der Waals surface area contributed by atoms with Crippen molar-refractivity contribution >= 4 is 26.7 Å². The van der Waals surface area contributed by atoms with Crippen molar-refractivity contribution in [3.05, 3.63) is 48.0 Å².